The summed E-state index contributed by atoms with van der Waals surface area (Å²) >= 11 is 3.11. The van der Waals surface area contributed by atoms with Gasteiger partial charge in [-0.3, -0.25) is 4.79 Å². The number of carbonyl (C=O) groups excluding carboxylic acids is 1. The Morgan fingerprint density at radius 1 is 1.56 bits per heavy atom. The Kier molecular flexibility index (Phi) is 4.04. The lowest BCUT2D eigenvalue weighted by molar-refractivity contribution is 0.0864. The number of carbonyl (C=O) groups is 1. The van der Waals surface area contributed by atoms with E-state index in [0.29, 0.717) is 4.47 Å². The van der Waals surface area contributed by atoms with Gasteiger partial charge in [0.15, 0.2) is 0 Å². The summed E-state index contributed by atoms with van der Waals surface area (Å²) in [6.07, 6.45) is 0. The quantitative estimate of drug-likeness (QED) is 0.895. The third kappa shape index (κ3) is 3.02. The van der Waals surface area contributed by atoms with Crippen LogP contribution in [0.1, 0.15) is 24.2 Å². The Morgan fingerprint density at radius 3 is 2.69 bits per heavy atom. The maximum atomic E-state index is 13.4. The van der Waals surface area contributed by atoms with Gasteiger partial charge in [0.25, 0.3) is 5.91 Å². The number of amides is 1. The summed E-state index contributed by atoms with van der Waals surface area (Å²) in [5.74, 6) is -1.15. The van der Waals surface area contributed by atoms with E-state index in [9.17, 15) is 9.18 Å². The molecule has 0 aromatic heterocycles. The lowest BCUT2D eigenvalue weighted by Gasteiger charge is -2.23. The summed E-state index contributed by atoms with van der Waals surface area (Å²) in [5.41, 5.74) is -0.831. The minimum atomic E-state index is -0.779. The second kappa shape index (κ2) is 4.93. The first-order valence-corrected chi connectivity index (χ1v) is 5.54. The van der Waals surface area contributed by atoms with Gasteiger partial charge in [-0.15, -0.1) is 0 Å². The largest absolute Gasteiger partial charge is 0.394 e. The van der Waals surface area contributed by atoms with Gasteiger partial charge in [-0.25, -0.2) is 4.39 Å². The van der Waals surface area contributed by atoms with Crippen LogP contribution in [0, 0.1) is 5.82 Å². The Bertz CT molecular complexity index is 387. The Balaban J connectivity index is 2.98. The molecule has 0 heterocycles. The van der Waals surface area contributed by atoms with E-state index in [2.05, 4.69) is 21.2 Å². The fraction of sp³-hybridized carbons (Fsp3) is 0.364. The highest BCUT2D eigenvalue weighted by Gasteiger charge is 2.23. The van der Waals surface area contributed by atoms with Crippen molar-refractivity contribution in [2.45, 2.75) is 19.4 Å². The predicted octanol–water partition coefficient (Wildman–Crippen LogP) is 2.09. The summed E-state index contributed by atoms with van der Waals surface area (Å²) in [4.78, 5) is 11.8. The number of hydrogen-bond donors (Lipinski definition) is 2. The zero-order chi connectivity index (χ0) is 12.3. The van der Waals surface area contributed by atoms with Gasteiger partial charge in [-0.05, 0) is 41.9 Å². The van der Waals surface area contributed by atoms with Crippen molar-refractivity contribution in [2.75, 3.05) is 6.61 Å². The molecule has 0 aliphatic rings. The molecule has 0 spiro atoms. The van der Waals surface area contributed by atoms with Crippen LogP contribution in [-0.2, 0) is 0 Å². The zero-order valence-electron chi connectivity index (χ0n) is 9.05. The number of halogens is 2. The first-order valence-electron chi connectivity index (χ1n) is 4.75. The predicted molar refractivity (Wildman–Crippen MR) is 62.7 cm³/mol. The van der Waals surface area contributed by atoms with Crippen molar-refractivity contribution in [2.24, 2.45) is 0 Å². The van der Waals surface area contributed by atoms with E-state index in [1.54, 1.807) is 19.9 Å². The summed E-state index contributed by atoms with van der Waals surface area (Å²) in [6.45, 7) is 3.09. The van der Waals surface area contributed by atoms with Crippen LogP contribution in [0.15, 0.2) is 22.7 Å². The first-order chi connectivity index (χ1) is 7.37. The number of rotatable bonds is 3. The lowest BCUT2D eigenvalue weighted by atomic mass is 10.1. The third-order valence-electron chi connectivity index (χ3n) is 2.04. The minimum Gasteiger partial charge on any atom is -0.394 e. The zero-order valence-corrected chi connectivity index (χ0v) is 10.6. The molecule has 0 unspecified atom stereocenters. The van der Waals surface area contributed by atoms with Crippen LogP contribution >= 0.6 is 15.9 Å². The first kappa shape index (κ1) is 13.1. The SMILES string of the molecule is CC(C)(CO)NC(=O)c1c(F)cccc1Br. The molecule has 0 bridgehead atoms. The van der Waals surface area contributed by atoms with Crippen molar-refractivity contribution in [3.8, 4) is 0 Å². The van der Waals surface area contributed by atoms with E-state index in [-0.39, 0.29) is 12.2 Å². The van der Waals surface area contributed by atoms with Gasteiger partial charge in [-0.1, -0.05) is 6.07 Å². The molecule has 0 radical (unpaired) electrons. The van der Waals surface area contributed by atoms with Gasteiger partial charge in [0, 0.05) is 4.47 Å². The Hall–Kier alpha value is -0.940. The molecule has 1 amide bonds. The average molecular weight is 290 g/mol. The molecule has 0 saturated heterocycles. The normalized spacial score (nSPS) is 11.3. The number of aliphatic hydroxyl groups is 1. The van der Waals surface area contributed by atoms with Crippen molar-refractivity contribution >= 4 is 21.8 Å². The van der Waals surface area contributed by atoms with Crippen LogP contribution in [0.2, 0.25) is 0 Å². The number of hydrogen-bond acceptors (Lipinski definition) is 2. The number of nitrogens with one attached hydrogen (secondary N) is 1. The molecule has 1 rings (SSSR count). The minimum absolute atomic E-state index is 0.0518. The molecule has 0 aliphatic carbocycles. The van der Waals surface area contributed by atoms with E-state index in [1.165, 1.54) is 12.1 Å². The van der Waals surface area contributed by atoms with Gasteiger partial charge in [0.2, 0.25) is 0 Å². The lowest BCUT2D eigenvalue weighted by Crippen LogP contribution is -2.46. The molecule has 0 fully saturated rings. The molecule has 1 aromatic carbocycles. The van der Waals surface area contributed by atoms with Gasteiger partial charge < -0.3 is 10.4 Å². The van der Waals surface area contributed by atoms with Gasteiger partial charge in [-0.2, -0.15) is 0 Å². The smallest absolute Gasteiger partial charge is 0.255 e. The van der Waals surface area contributed by atoms with E-state index in [4.69, 9.17) is 5.11 Å². The van der Waals surface area contributed by atoms with E-state index in [0.717, 1.165) is 0 Å². The van der Waals surface area contributed by atoms with Crippen molar-refractivity contribution in [1.29, 1.82) is 0 Å². The van der Waals surface area contributed by atoms with Crippen molar-refractivity contribution in [3.63, 3.8) is 0 Å². The van der Waals surface area contributed by atoms with E-state index < -0.39 is 17.3 Å². The molecular weight excluding hydrogens is 277 g/mol. The maximum absolute atomic E-state index is 13.4. The van der Waals surface area contributed by atoms with Gasteiger partial charge in [0.05, 0.1) is 17.7 Å². The topological polar surface area (TPSA) is 49.3 Å². The molecule has 0 saturated carbocycles. The summed E-state index contributed by atoms with van der Waals surface area (Å²) in [6, 6.07) is 4.31. The summed E-state index contributed by atoms with van der Waals surface area (Å²) in [5, 5.41) is 11.6. The van der Waals surface area contributed by atoms with Crippen molar-refractivity contribution in [3.05, 3.63) is 34.1 Å². The molecule has 1 aromatic rings. The molecule has 88 valence electrons. The Labute approximate surface area is 102 Å². The summed E-state index contributed by atoms with van der Waals surface area (Å²) in [7, 11) is 0. The molecule has 5 heteroatoms. The highest BCUT2D eigenvalue weighted by Crippen LogP contribution is 2.20. The van der Waals surface area contributed by atoms with Crippen LogP contribution in [-0.4, -0.2) is 23.2 Å². The third-order valence-corrected chi connectivity index (χ3v) is 2.70. The summed E-state index contributed by atoms with van der Waals surface area (Å²) < 4.78 is 13.8. The molecular formula is C11H13BrFNO2. The maximum Gasteiger partial charge on any atom is 0.255 e. The second-order valence-corrected chi connectivity index (χ2v) is 4.95. The molecule has 2 N–H and O–H groups in total. The highest BCUT2D eigenvalue weighted by molar-refractivity contribution is 9.10. The number of aliphatic hydroxyl groups excluding tert-OH is 1. The standard InChI is InChI=1S/C11H13BrFNO2/c1-11(2,6-15)14-10(16)9-7(12)4-3-5-8(9)13/h3-5,15H,6H2,1-2H3,(H,14,16). The monoisotopic (exact) mass is 289 g/mol. The van der Waals surface area contributed by atoms with Crippen LogP contribution in [0.4, 0.5) is 4.39 Å². The molecule has 3 nitrogen and oxygen atoms in total. The molecule has 0 aliphatic heterocycles. The highest BCUT2D eigenvalue weighted by atomic mass is 79.9. The number of benzene rings is 1. The van der Waals surface area contributed by atoms with E-state index >= 15 is 0 Å². The van der Waals surface area contributed by atoms with Crippen LogP contribution in [0.5, 0.6) is 0 Å². The van der Waals surface area contributed by atoms with Crippen LogP contribution < -0.4 is 5.32 Å². The van der Waals surface area contributed by atoms with Gasteiger partial charge in [0.1, 0.15) is 5.82 Å². The van der Waals surface area contributed by atoms with Crippen molar-refractivity contribution < 1.29 is 14.3 Å². The van der Waals surface area contributed by atoms with Crippen molar-refractivity contribution in [1.82, 2.24) is 5.32 Å². The second-order valence-electron chi connectivity index (χ2n) is 4.09. The Morgan fingerprint density at radius 2 is 2.19 bits per heavy atom. The molecule has 0 atom stereocenters. The fourth-order valence-electron chi connectivity index (χ4n) is 1.12. The van der Waals surface area contributed by atoms with Crippen LogP contribution in [0.25, 0.3) is 0 Å². The average Bonchev–Trinajstić information content (AvgIpc) is 2.16. The van der Waals surface area contributed by atoms with E-state index in [1.807, 2.05) is 0 Å². The molecule has 16 heavy (non-hydrogen) atoms. The van der Waals surface area contributed by atoms with Gasteiger partial charge >= 0.3 is 0 Å². The fourth-order valence-corrected chi connectivity index (χ4v) is 1.65. The van der Waals surface area contributed by atoms with Crippen LogP contribution in [0.3, 0.4) is 0 Å².